The number of amides is 1. The number of halogens is 1. The molecule has 4 nitrogen and oxygen atoms in total. The summed E-state index contributed by atoms with van der Waals surface area (Å²) in [5.41, 5.74) is 1.40. The molecule has 3 rings (SSSR count). The van der Waals surface area contributed by atoms with Crippen LogP contribution in [0.4, 0.5) is 0 Å². The van der Waals surface area contributed by atoms with E-state index in [9.17, 15) is 4.79 Å². The molecule has 21 heavy (non-hydrogen) atoms. The number of hydrogen-bond acceptors (Lipinski definition) is 4. The lowest BCUT2D eigenvalue weighted by Gasteiger charge is -2.15. The first-order chi connectivity index (χ1) is 10.1. The van der Waals surface area contributed by atoms with Gasteiger partial charge in [-0.05, 0) is 38.0 Å². The Bertz CT molecular complexity index is 652. The Balaban J connectivity index is 1.64. The maximum absolute atomic E-state index is 12.2. The van der Waals surface area contributed by atoms with E-state index in [0.717, 1.165) is 12.8 Å². The normalized spacial score (nSPS) is 17.2. The van der Waals surface area contributed by atoms with Crippen molar-refractivity contribution in [1.29, 1.82) is 0 Å². The molecule has 0 aliphatic heterocycles. The summed E-state index contributed by atoms with van der Waals surface area (Å²) < 4.78 is 5.63. The number of carbonyl (C=O) groups is 1. The minimum Gasteiger partial charge on any atom is -0.431 e. The van der Waals surface area contributed by atoms with Gasteiger partial charge >= 0.3 is 0 Å². The summed E-state index contributed by atoms with van der Waals surface area (Å²) in [6.45, 7) is 1.87. The van der Waals surface area contributed by atoms with E-state index in [1.807, 2.05) is 6.92 Å². The zero-order valence-electron chi connectivity index (χ0n) is 11.8. The molecule has 1 aromatic heterocycles. The second kappa shape index (κ2) is 6.28. The molecular weight excluding hydrogens is 308 g/mol. The summed E-state index contributed by atoms with van der Waals surface area (Å²) in [6.07, 6.45) is 4.59. The van der Waals surface area contributed by atoms with Gasteiger partial charge in [-0.3, -0.25) is 4.79 Å². The highest BCUT2D eigenvalue weighted by atomic mass is 35.5. The molecular formula is C15H17ClN2O2S. The predicted octanol–water partition coefficient (Wildman–Crippen LogP) is 4.02. The van der Waals surface area contributed by atoms with Gasteiger partial charge in [-0.25, -0.2) is 4.98 Å². The number of nitrogens with one attached hydrogen (secondary N) is 1. The lowest BCUT2D eigenvalue weighted by Crippen LogP contribution is -2.37. The minimum absolute atomic E-state index is 0.0483. The summed E-state index contributed by atoms with van der Waals surface area (Å²) in [7, 11) is 0. The summed E-state index contributed by atoms with van der Waals surface area (Å²) in [6, 6.07) is 5.65. The van der Waals surface area contributed by atoms with Gasteiger partial charge in [-0.2, -0.15) is 0 Å². The number of fused-ring (bicyclic) bond motifs is 1. The molecule has 1 amide bonds. The van der Waals surface area contributed by atoms with Gasteiger partial charge in [0.15, 0.2) is 5.58 Å². The van der Waals surface area contributed by atoms with Crippen LogP contribution in [0.15, 0.2) is 27.8 Å². The van der Waals surface area contributed by atoms with Crippen molar-refractivity contribution < 1.29 is 9.21 Å². The summed E-state index contributed by atoms with van der Waals surface area (Å²) in [5.74, 6) is 0.0483. The highest BCUT2D eigenvalue weighted by Crippen LogP contribution is 2.28. The molecule has 112 valence electrons. The van der Waals surface area contributed by atoms with E-state index in [4.69, 9.17) is 16.0 Å². The summed E-state index contributed by atoms with van der Waals surface area (Å²) >= 11 is 7.26. The van der Waals surface area contributed by atoms with E-state index in [1.165, 1.54) is 24.6 Å². The first-order valence-electron chi connectivity index (χ1n) is 7.15. The molecule has 1 aliphatic carbocycles. The monoisotopic (exact) mass is 324 g/mol. The van der Waals surface area contributed by atoms with E-state index >= 15 is 0 Å². The second-order valence-corrected chi connectivity index (χ2v) is 7.07. The van der Waals surface area contributed by atoms with E-state index < -0.39 is 0 Å². The molecule has 6 heteroatoms. The largest absolute Gasteiger partial charge is 0.431 e. The molecule has 0 saturated heterocycles. The van der Waals surface area contributed by atoms with Crippen molar-refractivity contribution in [3.8, 4) is 0 Å². The third kappa shape index (κ3) is 3.52. The van der Waals surface area contributed by atoms with E-state index in [1.54, 1.807) is 18.2 Å². The SMILES string of the molecule is CC(Sc1nc2cc(Cl)ccc2o1)C(=O)NC1CCCC1. The van der Waals surface area contributed by atoms with Crippen molar-refractivity contribution in [2.45, 2.75) is 49.1 Å². The number of rotatable bonds is 4. The highest BCUT2D eigenvalue weighted by molar-refractivity contribution is 8.00. The number of benzene rings is 1. The van der Waals surface area contributed by atoms with Crippen LogP contribution in [0, 0.1) is 0 Å². The average Bonchev–Trinajstić information content (AvgIpc) is 3.07. The molecule has 1 fully saturated rings. The third-order valence-electron chi connectivity index (χ3n) is 3.68. The summed E-state index contributed by atoms with van der Waals surface area (Å²) in [4.78, 5) is 16.5. The van der Waals surface area contributed by atoms with Gasteiger partial charge in [0.1, 0.15) is 5.52 Å². The topological polar surface area (TPSA) is 55.1 Å². The molecule has 2 aromatic rings. The van der Waals surface area contributed by atoms with E-state index in [2.05, 4.69) is 10.3 Å². The van der Waals surface area contributed by atoms with Crippen molar-refractivity contribution >= 4 is 40.4 Å². The van der Waals surface area contributed by atoms with Crippen LogP contribution in [-0.2, 0) is 4.79 Å². The van der Waals surface area contributed by atoms with Gasteiger partial charge < -0.3 is 9.73 Å². The van der Waals surface area contributed by atoms with Crippen LogP contribution >= 0.6 is 23.4 Å². The molecule has 1 aliphatic rings. The Morgan fingerprint density at radius 2 is 2.24 bits per heavy atom. The Hall–Kier alpha value is -1.20. The Kier molecular flexibility index (Phi) is 4.40. The summed E-state index contributed by atoms with van der Waals surface area (Å²) in [5, 5.41) is 3.99. The Labute approximate surface area is 132 Å². The van der Waals surface area contributed by atoms with Crippen LogP contribution in [0.1, 0.15) is 32.6 Å². The fraction of sp³-hybridized carbons (Fsp3) is 0.467. The van der Waals surface area contributed by atoms with Gasteiger partial charge in [0.2, 0.25) is 5.91 Å². The number of oxazole rings is 1. The van der Waals surface area contributed by atoms with Crippen LogP contribution in [0.2, 0.25) is 5.02 Å². The third-order valence-corrected chi connectivity index (χ3v) is 4.86. The van der Waals surface area contributed by atoms with Crippen LogP contribution < -0.4 is 5.32 Å². The van der Waals surface area contributed by atoms with Gasteiger partial charge in [-0.15, -0.1) is 0 Å². The van der Waals surface area contributed by atoms with Crippen LogP contribution in [0.25, 0.3) is 11.1 Å². The standard InChI is InChI=1S/C15H17ClN2O2S/c1-9(14(19)17-11-4-2-3-5-11)21-15-18-12-8-10(16)6-7-13(12)20-15/h6-9,11H,2-5H2,1H3,(H,17,19). The van der Waals surface area contributed by atoms with Crippen LogP contribution in [0.3, 0.4) is 0 Å². The number of hydrogen-bond donors (Lipinski definition) is 1. The zero-order valence-corrected chi connectivity index (χ0v) is 13.3. The van der Waals surface area contributed by atoms with Crippen LogP contribution in [-0.4, -0.2) is 22.2 Å². The molecule has 1 saturated carbocycles. The first kappa shape index (κ1) is 14.7. The van der Waals surface area contributed by atoms with Crippen molar-refractivity contribution in [2.75, 3.05) is 0 Å². The van der Waals surface area contributed by atoms with E-state index in [-0.39, 0.29) is 11.2 Å². The van der Waals surface area contributed by atoms with E-state index in [0.29, 0.717) is 27.4 Å². The highest BCUT2D eigenvalue weighted by Gasteiger charge is 2.22. The minimum atomic E-state index is -0.228. The fourth-order valence-corrected chi connectivity index (χ4v) is 3.46. The molecule has 1 atom stereocenters. The number of aromatic nitrogens is 1. The number of carbonyl (C=O) groups excluding carboxylic acids is 1. The van der Waals surface area contributed by atoms with Crippen LogP contribution in [0.5, 0.6) is 0 Å². The predicted molar refractivity (Wildman–Crippen MR) is 84.7 cm³/mol. The van der Waals surface area contributed by atoms with Crippen molar-refractivity contribution in [3.63, 3.8) is 0 Å². The maximum Gasteiger partial charge on any atom is 0.257 e. The second-order valence-electron chi connectivity index (χ2n) is 5.34. The smallest absolute Gasteiger partial charge is 0.257 e. The van der Waals surface area contributed by atoms with Crippen molar-refractivity contribution in [3.05, 3.63) is 23.2 Å². The van der Waals surface area contributed by atoms with Gasteiger partial charge in [0.05, 0.1) is 5.25 Å². The van der Waals surface area contributed by atoms with Gasteiger partial charge in [-0.1, -0.05) is 36.2 Å². The Morgan fingerprint density at radius 1 is 1.48 bits per heavy atom. The Morgan fingerprint density at radius 3 is 3.00 bits per heavy atom. The molecule has 1 heterocycles. The maximum atomic E-state index is 12.2. The van der Waals surface area contributed by atoms with Crippen molar-refractivity contribution in [1.82, 2.24) is 10.3 Å². The quantitative estimate of drug-likeness (QED) is 0.863. The fourth-order valence-electron chi connectivity index (χ4n) is 2.52. The number of nitrogens with zero attached hydrogens (tertiary/aromatic N) is 1. The zero-order chi connectivity index (χ0) is 14.8. The molecule has 1 aromatic carbocycles. The number of thioether (sulfide) groups is 1. The van der Waals surface area contributed by atoms with Gasteiger partial charge in [0, 0.05) is 11.1 Å². The van der Waals surface area contributed by atoms with Crippen molar-refractivity contribution in [2.24, 2.45) is 0 Å². The first-order valence-corrected chi connectivity index (χ1v) is 8.41. The molecule has 0 spiro atoms. The van der Waals surface area contributed by atoms with Gasteiger partial charge in [0.25, 0.3) is 5.22 Å². The molecule has 0 bridgehead atoms. The molecule has 1 unspecified atom stereocenters. The molecule has 1 N–H and O–H groups in total. The lowest BCUT2D eigenvalue weighted by molar-refractivity contribution is -0.120. The lowest BCUT2D eigenvalue weighted by atomic mass is 10.2. The molecule has 0 radical (unpaired) electrons. The average molecular weight is 325 g/mol.